The average Bonchev–Trinajstić information content (AvgIpc) is 3.75. The molecule has 0 radical (unpaired) electrons. The number of benzene rings is 7. The molecule has 0 fully saturated rings. The van der Waals surface area contributed by atoms with E-state index < -0.39 is 0 Å². The summed E-state index contributed by atoms with van der Waals surface area (Å²) in [6, 6.07) is 68.0. The van der Waals surface area contributed by atoms with Crippen LogP contribution in [0.1, 0.15) is 107 Å². The molecule has 354 valence electrons. The van der Waals surface area contributed by atoms with Gasteiger partial charge in [-0.15, -0.1) is 0 Å². The minimum atomic E-state index is -0.118. The molecule has 0 N–H and O–H groups in total. The van der Waals surface area contributed by atoms with E-state index in [1.165, 1.54) is 78.5 Å². The lowest BCUT2D eigenvalue weighted by atomic mass is 9.81. The van der Waals surface area contributed by atoms with Gasteiger partial charge in [-0.3, -0.25) is 0 Å². The molecule has 7 aromatic rings. The summed E-state index contributed by atoms with van der Waals surface area (Å²) in [5, 5.41) is 0. The minimum absolute atomic E-state index is 0.118. The van der Waals surface area contributed by atoms with Gasteiger partial charge in [-0.25, -0.2) is 0 Å². The first-order chi connectivity index (χ1) is 34.7. The lowest BCUT2D eigenvalue weighted by Crippen LogP contribution is -2.28. The van der Waals surface area contributed by atoms with E-state index in [-0.39, 0.29) is 10.8 Å². The van der Waals surface area contributed by atoms with Crippen molar-refractivity contribution < 1.29 is 9.31 Å². The molecule has 0 amide bonds. The molecule has 0 saturated heterocycles. The molecule has 0 spiro atoms. The van der Waals surface area contributed by atoms with Crippen LogP contribution < -0.4 is 9.64 Å². The predicted molar refractivity (Wildman–Crippen MR) is 300 cm³/mol. The van der Waals surface area contributed by atoms with Crippen molar-refractivity contribution in [2.24, 2.45) is 0 Å². The smallest absolute Gasteiger partial charge is 0.209 e. The number of allylic oxidation sites excluding steroid dienone is 7. The van der Waals surface area contributed by atoms with Crippen LogP contribution in [0.3, 0.4) is 0 Å². The lowest BCUT2D eigenvalue weighted by molar-refractivity contribution is -0.437. The van der Waals surface area contributed by atoms with E-state index in [0.29, 0.717) is 0 Å². The van der Waals surface area contributed by atoms with Crippen LogP contribution in [-0.2, 0) is 10.8 Å². The van der Waals surface area contributed by atoms with Crippen LogP contribution in [0.4, 0.5) is 11.4 Å². The van der Waals surface area contributed by atoms with Gasteiger partial charge in [0.15, 0.2) is 5.71 Å². The lowest BCUT2D eigenvalue weighted by Gasteiger charge is -2.27. The highest BCUT2D eigenvalue weighted by Gasteiger charge is 2.44. The molecule has 2 aliphatic heterocycles. The average molecular weight is 928 g/mol. The molecule has 10 rings (SSSR count). The Morgan fingerprint density at radius 2 is 1.07 bits per heavy atom. The van der Waals surface area contributed by atoms with Gasteiger partial charge in [0, 0.05) is 47.5 Å². The number of nitrogens with zero attached hydrogens (tertiary/aromatic N) is 2. The van der Waals surface area contributed by atoms with E-state index in [2.05, 4.69) is 263 Å². The molecule has 3 aliphatic rings. The van der Waals surface area contributed by atoms with E-state index in [1.54, 1.807) is 0 Å². The van der Waals surface area contributed by atoms with Gasteiger partial charge in [-0.2, -0.15) is 4.58 Å². The summed E-state index contributed by atoms with van der Waals surface area (Å²) in [4.78, 5) is 2.54. The Morgan fingerprint density at radius 3 is 1.66 bits per heavy atom. The van der Waals surface area contributed by atoms with Gasteiger partial charge in [0.25, 0.3) is 0 Å². The van der Waals surface area contributed by atoms with E-state index in [0.717, 1.165) is 67.8 Å². The third-order valence-electron chi connectivity index (χ3n) is 14.9. The second-order valence-corrected chi connectivity index (χ2v) is 20.3. The summed E-state index contributed by atoms with van der Waals surface area (Å²) >= 11 is 0. The number of para-hydroxylation sites is 2. The van der Waals surface area contributed by atoms with Crippen LogP contribution in [0.25, 0.3) is 22.3 Å². The van der Waals surface area contributed by atoms with Crippen molar-refractivity contribution in [3.05, 3.63) is 268 Å². The van der Waals surface area contributed by atoms with Crippen molar-refractivity contribution >= 4 is 28.2 Å². The van der Waals surface area contributed by atoms with Crippen molar-refractivity contribution in [1.82, 2.24) is 0 Å². The first kappa shape index (κ1) is 47.2. The molecule has 0 atom stereocenters. The number of hydrogen-bond donors (Lipinski definition) is 0. The van der Waals surface area contributed by atoms with Crippen LogP contribution >= 0.6 is 0 Å². The van der Waals surface area contributed by atoms with Gasteiger partial charge in [-0.05, 0) is 131 Å². The Labute approximate surface area is 423 Å². The Balaban J connectivity index is 1.01. The minimum Gasteiger partial charge on any atom is -0.457 e. The summed E-state index contributed by atoms with van der Waals surface area (Å²) in [5.41, 5.74) is 19.8. The molecule has 1 aliphatic carbocycles. The highest BCUT2D eigenvalue weighted by Crippen LogP contribution is 2.48. The summed E-state index contributed by atoms with van der Waals surface area (Å²) in [7, 11) is 0. The van der Waals surface area contributed by atoms with E-state index >= 15 is 0 Å². The van der Waals surface area contributed by atoms with Crippen LogP contribution in [0.15, 0.2) is 235 Å². The normalized spacial score (nSPS) is 17.0. The van der Waals surface area contributed by atoms with Gasteiger partial charge >= 0.3 is 0 Å². The fourth-order valence-corrected chi connectivity index (χ4v) is 11.3. The predicted octanol–water partition coefficient (Wildman–Crippen LogP) is 17.2. The van der Waals surface area contributed by atoms with Crippen LogP contribution in [0, 0.1) is 0 Å². The van der Waals surface area contributed by atoms with E-state index in [9.17, 15) is 0 Å². The van der Waals surface area contributed by atoms with Crippen molar-refractivity contribution in [2.45, 2.75) is 84.5 Å². The summed E-state index contributed by atoms with van der Waals surface area (Å²) in [6.07, 6.45) is 14.6. The second-order valence-electron chi connectivity index (χ2n) is 20.3. The van der Waals surface area contributed by atoms with Crippen molar-refractivity contribution in [3.8, 4) is 16.9 Å². The van der Waals surface area contributed by atoms with Gasteiger partial charge in [0.1, 0.15) is 18.1 Å². The fraction of sp³-hybridized carbons (Fsp3) is 0.221. The molecular weight excluding hydrogens is 861 g/mol. The maximum atomic E-state index is 7.18. The molecule has 7 aromatic carbocycles. The quantitative estimate of drug-likeness (QED) is 0.0798. The zero-order chi connectivity index (χ0) is 49.0. The van der Waals surface area contributed by atoms with Crippen molar-refractivity contribution in [1.29, 1.82) is 0 Å². The number of hydrogen-bond acceptors (Lipinski definition) is 2. The number of rotatable bonds is 14. The summed E-state index contributed by atoms with van der Waals surface area (Å²) < 4.78 is 9.71. The molecule has 0 bridgehead atoms. The molecule has 0 saturated carbocycles. The largest absolute Gasteiger partial charge is 0.457 e. The fourth-order valence-electron chi connectivity index (χ4n) is 11.3. The molecule has 3 heteroatoms. The first-order valence-electron chi connectivity index (χ1n) is 25.9. The number of ether oxygens (including phenoxy) is 1. The van der Waals surface area contributed by atoms with E-state index in [1.807, 2.05) is 0 Å². The topological polar surface area (TPSA) is 15.5 Å². The third-order valence-corrected chi connectivity index (χ3v) is 14.9. The van der Waals surface area contributed by atoms with Gasteiger partial charge in [0.05, 0.1) is 5.41 Å². The second kappa shape index (κ2) is 20.5. The summed E-state index contributed by atoms with van der Waals surface area (Å²) in [5.74, 6) is 1.81. The molecule has 3 nitrogen and oxygen atoms in total. The van der Waals surface area contributed by atoms with Crippen molar-refractivity contribution in [3.63, 3.8) is 0 Å². The number of fused-ring (bicyclic) bond motifs is 2. The Kier molecular flexibility index (Phi) is 13.6. The van der Waals surface area contributed by atoms with E-state index in [4.69, 9.17) is 4.74 Å². The van der Waals surface area contributed by atoms with Crippen LogP contribution in [0.5, 0.6) is 5.75 Å². The van der Waals surface area contributed by atoms with Gasteiger partial charge < -0.3 is 9.64 Å². The molecule has 0 unspecified atom stereocenters. The molecule has 71 heavy (non-hydrogen) atoms. The van der Waals surface area contributed by atoms with Crippen molar-refractivity contribution in [2.75, 3.05) is 18.0 Å². The van der Waals surface area contributed by atoms with Crippen LogP contribution in [0.2, 0.25) is 0 Å². The maximum absolute atomic E-state index is 7.18. The zero-order valence-corrected chi connectivity index (χ0v) is 42.5. The maximum Gasteiger partial charge on any atom is 0.209 e. The Hall–Kier alpha value is -7.49. The molecule has 2 heterocycles. The number of anilines is 1. The zero-order valence-electron chi connectivity index (χ0n) is 42.5. The summed E-state index contributed by atoms with van der Waals surface area (Å²) in [6.45, 7) is 16.0. The van der Waals surface area contributed by atoms with Gasteiger partial charge in [0.2, 0.25) is 5.69 Å². The first-order valence-corrected chi connectivity index (χ1v) is 25.9. The van der Waals surface area contributed by atoms with Crippen LogP contribution in [-0.4, -0.2) is 23.4 Å². The Bertz CT molecular complexity index is 3170. The highest BCUT2D eigenvalue weighted by atomic mass is 16.5. The standard InChI is InChI=1S/C68H67N2O/c1-7-47-69-60-33-20-18-31-58(60)67(3,4)62(69)45-41-55-29-22-30-56(42-46-63-68(5,6)59-32-19-21-34-61(59)70(63)48-8-2)66(55)71-57-43-39-50(40-44-57)49-35-37-54(38-36-49)65(53-27-16-11-17-28-53)64(51-23-12-9-13-24-51)52-25-14-10-15-26-52/h9-21,23-28,31-46H,7-8,22,29-30,47-48H2,1-6H3/q+1. The molecule has 0 aromatic heterocycles. The Morgan fingerprint density at radius 1 is 0.535 bits per heavy atom. The highest BCUT2D eigenvalue weighted by molar-refractivity contribution is 6.05. The molecular formula is C68H67N2O+. The monoisotopic (exact) mass is 928 g/mol. The van der Waals surface area contributed by atoms with Gasteiger partial charge in [-0.1, -0.05) is 198 Å². The third kappa shape index (κ3) is 9.34. The SMILES string of the molecule is CCCN1/C(=C\C=C2/CCCC(/C=C/C3=[N+](CCC)c4ccccc4C3(C)C)=C2Oc2ccc(-c3ccc(C(=C(c4ccccc4)c4ccccc4)c4ccccc4)cc3)cc2)C(C)(C)c2ccccc21.